The summed E-state index contributed by atoms with van der Waals surface area (Å²) in [6.07, 6.45) is 0. The van der Waals surface area contributed by atoms with Crippen molar-refractivity contribution in [3.8, 4) is 11.5 Å². The zero-order valence-corrected chi connectivity index (χ0v) is 27.9. The molecule has 258 valence electrons. The number of hydrogen-bond donors (Lipinski definition) is 2. The number of para-hydroxylation sites is 2. The van der Waals surface area contributed by atoms with E-state index >= 15 is 0 Å². The summed E-state index contributed by atoms with van der Waals surface area (Å²) in [6, 6.07) is 22.6. The van der Waals surface area contributed by atoms with Crippen LogP contribution in [-0.4, -0.2) is 55.4 Å². The van der Waals surface area contributed by atoms with Gasteiger partial charge in [0.1, 0.15) is 22.9 Å². The second-order valence-electron chi connectivity index (χ2n) is 10.6. The smallest absolute Gasteiger partial charge is 0.280 e. The summed E-state index contributed by atoms with van der Waals surface area (Å²) in [4.78, 5) is 45.4. The number of aromatic hydroxyl groups is 2. The second-order valence-corrected chi connectivity index (χ2v) is 10.6. The van der Waals surface area contributed by atoms with Crippen LogP contribution in [0.3, 0.4) is 0 Å². The molecule has 0 saturated carbocycles. The van der Waals surface area contributed by atoms with Gasteiger partial charge in [0, 0.05) is 41.6 Å². The Balaban J connectivity index is 0.000000224. The quantitative estimate of drug-likeness (QED) is 0.117. The van der Waals surface area contributed by atoms with Crippen LogP contribution in [-0.2, 0) is 27.0 Å². The number of azo groups is 2. The van der Waals surface area contributed by atoms with E-state index < -0.39 is 33.7 Å². The Hall–Kier alpha value is -6.71. The fraction of sp³-hybridized carbons (Fsp3) is 0.125. The second kappa shape index (κ2) is 16.1. The first-order chi connectivity index (χ1) is 23.9. The van der Waals surface area contributed by atoms with Gasteiger partial charge in [0.25, 0.3) is 23.2 Å². The third-order valence-electron chi connectivity index (χ3n) is 7.10. The van der Waals surface area contributed by atoms with Gasteiger partial charge in [-0.25, -0.2) is 0 Å². The average molecular weight is 731 g/mol. The summed E-state index contributed by atoms with van der Waals surface area (Å²) in [5, 5.41) is 67.3. The summed E-state index contributed by atoms with van der Waals surface area (Å²) in [5.41, 5.74) is 1.41. The number of rotatable bonds is 8. The van der Waals surface area contributed by atoms with E-state index in [-0.39, 0.29) is 51.6 Å². The van der Waals surface area contributed by atoms with Crippen molar-refractivity contribution in [2.45, 2.75) is 25.9 Å². The molecule has 2 aliphatic heterocycles. The monoisotopic (exact) mass is 730 g/mol. The fourth-order valence-corrected chi connectivity index (χ4v) is 4.54. The van der Waals surface area contributed by atoms with Crippen molar-refractivity contribution in [3.05, 3.63) is 117 Å². The Kier molecular flexibility index (Phi) is 11.7. The summed E-state index contributed by atoms with van der Waals surface area (Å²) in [5.74, 6) is -1.32. The van der Waals surface area contributed by atoms with Crippen LogP contribution in [0.2, 0.25) is 0 Å². The van der Waals surface area contributed by atoms with E-state index in [0.717, 1.165) is 36.4 Å². The zero-order valence-electron chi connectivity index (χ0n) is 26.6. The largest absolute Gasteiger partial charge is 0.506 e. The summed E-state index contributed by atoms with van der Waals surface area (Å²) in [7, 11) is 0. The molecular formula is C32H26CrN10O8. The molecule has 2 unspecified atom stereocenters. The predicted molar refractivity (Wildman–Crippen MR) is 180 cm³/mol. The Labute approximate surface area is 299 Å². The van der Waals surface area contributed by atoms with Crippen LogP contribution in [0.4, 0.5) is 34.1 Å². The first kappa shape index (κ1) is 37.1. The van der Waals surface area contributed by atoms with Crippen LogP contribution >= 0.6 is 0 Å². The molecule has 4 aromatic rings. The van der Waals surface area contributed by atoms with Gasteiger partial charge in [0.05, 0.1) is 32.6 Å². The molecule has 0 spiro atoms. The molecule has 0 aromatic heterocycles. The minimum Gasteiger partial charge on any atom is -0.506 e. The van der Waals surface area contributed by atoms with Crippen molar-refractivity contribution >= 4 is 57.4 Å². The molecule has 0 radical (unpaired) electrons. The number of phenols is 2. The van der Waals surface area contributed by atoms with E-state index in [1.54, 1.807) is 62.4 Å². The third-order valence-corrected chi connectivity index (χ3v) is 7.10. The fourth-order valence-electron chi connectivity index (χ4n) is 4.54. The van der Waals surface area contributed by atoms with E-state index in [0.29, 0.717) is 22.8 Å². The molecule has 2 N–H and O–H groups in total. The Bertz CT molecular complexity index is 1950. The molecule has 6 rings (SSSR count). The summed E-state index contributed by atoms with van der Waals surface area (Å²) in [6.45, 7) is 3.27. The maximum Gasteiger partial charge on any atom is 0.280 e. The third kappa shape index (κ3) is 8.48. The maximum atomic E-state index is 12.5. The number of carbonyl (C=O) groups excluding carboxylic acids is 2. The molecule has 18 nitrogen and oxygen atoms in total. The number of hydrogen-bond acceptors (Lipinski definition) is 14. The van der Waals surface area contributed by atoms with E-state index in [1.165, 1.54) is 10.0 Å². The maximum absolute atomic E-state index is 12.5. The Morgan fingerprint density at radius 3 is 1.31 bits per heavy atom. The van der Waals surface area contributed by atoms with Crippen molar-refractivity contribution in [2.75, 3.05) is 10.0 Å². The molecule has 0 aliphatic carbocycles. The summed E-state index contributed by atoms with van der Waals surface area (Å²) >= 11 is 0. The minimum absolute atomic E-state index is 0. The molecule has 0 saturated heterocycles. The van der Waals surface area contributed by atoms with Crippen LogP contribution in [0.25, 0.3) is 0 Å². The topological polar surface area (TPSA) is 242 Å². The molecule has 4 aromatic carbocycles. The number of phenolic OH excluding ortho intramolecular Hbond substituents is 2. The van der Waals surface area contributed by atoms with Crippen molar-refractivity contribution in [2.24, 2.45) is 30.7 Å². The number of carbonyl (C=O) groups is 2. The van der Waals surface area contributed by atoms with Crippen molar-refractivity contribution in [1.82, 2.24) is 0 Å². The van der Waals surface area contributed by atoms with E-state index in [1.807, 2.05) is 12.1 Å². The van der Waals surface area contributed by atoms with Gasteiger partial charge in [-0.3, -0.25) is 29.8 Å². The summed E-state index contributed by atoms with van der Waals surface area (Å²) < 4.78 is 0. The standard InChI is InChI=1S/2C16H13N5O4.Cr/c2*1-10-15(16(23)20(19-10)11-5-3-2-4-6-11)18-17-13-9-12(21(24)25)7-8-14(13)22;/h2*2-9,15,22H,1H3;. The number of nitrogens with zero attached hydrogens (tertiary/aromatic N) is 10. The number of nitro benzene ring substituents is 2. The first-order valence-corrected chi connectivity index (χ1v) is 14.6. The molecule has 51 heavy (non-hydrogen) atoms. The number of amides is 2. The van der Waals surface area contributed by atoms with Gasteiger partial charge in [-0.2, -0.15) is 40.7 Å². The normalized spacial score (nSPS) is 16.8. The molecule has 2 amide bonds. The van der Waals surface area contributed by atoms with Crippen molar-refractivity contribution in [1.29, 1.82) is 0 Å². The predicted octanol–water partition coefficient (Wildman–Crippen LogP) is 6.35. The van der Waals surface area contributed by atoms with E-state index in [2.05, 4.69) is 30.7 Å². The van der Waals surface area contributed by atoms with Gasteiger partial charge in [-0.05, 0) is 50.2 Å². The van der Waals surface area contributed by atoms with Gasteiger partial charge in [0.2, 0.25) is 0 Å². The van der Waals surface area contributed by atoms with Gasteiger partial charge < -0.3 is 10.2 Å². The van der Waals surface area contributed by atoms with Gasteiger partial charge >= 0.3 is 0 Å². The molecule has 0 bridgehead atoms. The molecule has 0 fully saturated rings. The molecular weight excluding hydrogens is 704 g/mol. The minimum atomic E-state index is -0.945. The van der Waals surface area contributed by atoms with Crippen LogP contribution in [0.15, 0.2) is 128 Å². The van der Waals surface area contributed by atoms with Crippen LogP contribution in [0.5, 0.6) is 11.5 Å². The van der Waals surface area contributed by atoms with Gasteiger partial charge in [-0.15, -0.1) is 0 Å². The first-order valence-electron chi connectivity index (χ1n) is 14.6. The van der Waals surface area contributed by atoms with Crippen molar-refractivity contribution < 1.29 is 47.0 Å². The Morgan fingerprint density at radius 1 is 0.627 bits per heavy atom. The van der Waals surface area contributed by atoms with Crippen LogP contribution in [0.1, 0.15) is 13.8 Å². The van der Waals surface area contributed by atoms with Gasteiger partial charge in [0.15, 0.2) is 12.1 Å². The van der Waals surface area contributed by atoms with Gasteiger partial charge in [-0.1, -0.05) is 36.4 Å². The number of benzene rings is 4. The average Bonchev–Trinajstić information content (AvgIpc) is 3.56. The number of hydrazone groups is 2. The molecule has 19 heteroatoms. The zero-order chi connectivity index (χ0) is 35.9. The number of nitro groups is 2. The number of non-ortho nitro benzene ring substituents is 2. The SMILES string of the molecule is CC1=NN(c2ccccc2)C(=O)C1N=Nc1cc([N+](=O)[O-])ccc1O.CC1=NN(c2ccccc2)C(=O)C1N=Nc1cc([N+](=O)[O-])ccc1O.[Cr]. The van der Waals surface area contributed by atoms with Crippen LogP contribution < -0.4 is 10.0 Å². The molecule has 2 atom stereocenters. The Morgan fingerprint density at radius 2 is 0.980 bits per heavy atom. The van der Waals surface area contributed by atoms with E-state index in [9.17, 15) is 40.0 Å². The van der Waals surface area contributed by atoms with E-state index in [4.69, 9.17) is 0 Å². The molecule has 2 heterocycles. The van der Waals surface area contributed by atoms with Crippen LogP contribution in [0, 0.1) is 20.2 Å². The van der Waals surface area contributed by atoms with Crippen molar-refractivity contribution in [3.63, 3.8) is 0 Å². The number of anilines is 2. The molecule has 2 aliphatic rings.